The van der Waals surface area contributed by atoms with Gasteiger partial charge >= 0.3 is 0 Å². The molecule has 2 N–H and O–H groups in total. The average Bonchev–Trinajstić information content (AvgIpc) is 2.18. The number of aliphatic hydroxyl groups excluding tert-OH is 1. The lowest BCUT2D eigenvalue weighted by Crippen LogP contribution is -2.42. The van der Waals surface area contributed by atoms with Crippen molar-refractivity contribution in [2.75, 3.05) is 39.8 Å². The minimum atomic E-state index is 0.251. The fraction of sp³-hybridized carbons (Fsp3) is 1.00. The minimum Gasteiger partial charge on any atom is -0.395 e. The van der Waals surface area contributed by atoms with Crippen molar-refractivity contribution >= 4 is 0 Å². The van der Waals surface area contributed by atoms with Crippen LogP contribution in [0.15, 0.2) is 0 Å². The Morgan fingerprint density at radius 3 is 2.44 bits per heavy atom. The summed E-state index contributed by atoms with van der Waals surface area (Å²) in [4.78, 5) is 2.23. The first-order valence-corrected chi connectivity index (χ1v) is 6.58. The Hall–Kier alpha value is -0.120. The Labute approximate surface area is 101 Å². The van der Waals surface area contributed by atoms with E-state index in [0.717, 1.165) is 26.2 Å². The fourth-order valence-corrected chi connectivity index (χ4v) is 2.30. The molecule has 16 heavy (non-hydrogen) atoms. The molecule has 0 aromatic carbocycles. The lowest BCUT2D eigenvalue weighted by Gasteiger charge is -2.34. The smallest absolute Gasteiger partial charge is 0.0558 e. The molecule has 0 radical (unpaired) electrons. The molecule has 0 aromatic heterocycles. The molecule has 0 aromatic rings. The molecule has 1 unspecified atom stereocenters. The Morgan fingerprint density at radius 2 is 1.94 bits per heavy atom. The Kier molecular flexibility index (Phi) is 8.90. The van der Waals surface area contributed by atoms with Crippen molar-refractivity contribution in [2.24, 2.45) is 5.41 Å². The zero-order chi connectivity index (χ0) is 12.4. The second-order valence-corrected chi connectivity index (χ2v) is 5.20. The molecule has 0 spiro atoms. The molecule has 1 atom stereocenters. The van der Waals surface area contributed by atoms with E-state index in [-0.39, 0.29) is 6.61 Å². The molecule has 0 bridgehead atoms. The third-order valence-corrected chi connectivity index (χ3v) is 2.97. The molecule has 0 fully saturated rings. The molecule has 0 rings (SSSR count). The molecule has 0 aliphatic heterocycles. The summed E-state index contributed by atoms with van der Waals surface area (Å²) in [5, 5.41) is 12.4. The van der Waals surface area contributed by atoms with Gasteiger partial charge in [-0.25, -0.2) is 0 Å². The first kappa shape index (κ1) is 15.9. The SMILES string of the molecule is CCCNCC(C)(CCC)CN(C)CCO. The standard InChI is InChI=1S/C13H30N2O/c1-5-7-13(3,11-14-8-6-2)12-15(4)9-10-16/h14,16H,5-12H2,1-4H3. The van der Waals surface area contributed by atoms with Crippen molar-refractivity contribution in [1.29, 1.82) is 0 Å². The first-order chi connectivity index (χ1) is 7.58. The highest BCUT2D eigenvalue weighted by atomic mass is 16.3. The molecule has 98 valence electrons. The van der Waals surface area contributed by atoms with Crippen LogP contribution in [-0.2, 0) is 0 Å². The van der Waals surface area contributed by atoms with E-state index >= 15 is 0 Å². The number of hydrogen-bond acceptors (Lipinski definition) is 3. The van der Waals surface area contributed by atoms with Gasteiger partial charge < -0.3 is 15.3 Å². The maximum absolute atomic E-state index is 8.92. The largest absolute Gasteiger partial charge is 0.395 e. The molecular weight excluding hydrogens is 200 g/mol. The van der Waals surface area contributed by atoms with Crippen LogP contribution < -0.4 is 5.32 Å². The second-order valence-electron chi connectivity index (χ2n) is 5.20. The van der Waals surface area contributed by atoms with Crippen LogP contribution in [0.2, 0.25) is 0 Å². The highest BCUT2D eigenvalue weighted by Gasteiger charge is 2.24. The summed E-state index contributed by atoms with van der Waals surface area (Å²) in [6.07, 6.45) is 3.64. The van der Waals surface area contributed by atoms with Crippen LogP contribution in [0.5, 0.6) is 0 Å². The van der Waals surface area contributed by atoms with E-state index < -0.39 is 0 Å². The molecule has 0 heterocycles. The zero-order valence-corrected chi connectivity index (χ0v) is 11.6. The Balaban J connectivity index is 4.08. The summed E-state index contributed by atoms with van der Waals surface area (Å²) >= 11 is 0. The van der Waals surface area contributed by atoms with Crippen LogP contribution in [-0.4, -0.2) is 49.8 Å². The number of aliphatic hydroxyl groups is 1. The van der Waals surface area contributed by atoms with Crippen LogP contribution >= 0.6 is 0 Å². The van der Waals surface area contributed by atoms with Crippen LogP contribution in [0.3, 0.4) is 0 Å². The quantitative estimate of drug-likeness (QED) is 0.561. The average molecular weight is 230 g/mol. The van der Waals surface area contributed by atoms with Gasteiger partial charge in [0.2, 0.25) is 0 Å². The summed E-state index contributed by atoms with van der Waals surface area (Å²) in [7, 11) is 2.09. The molecule has 0 saturated carbocycles. The third-order valence-electron chi connectivity index (χ3n) is 2.97. The summed E-state index contributed by atoms with van der Waals surface area (Å²) in [6.45, 7) is 11.0. The van der Waals surface area contributed by atoms with E-state index in [4.69, 9.17) is 5.11 Å². The van der Waals surface area contributed by atoms with Crippen molar-refractivity contribution in [3.63, 3.8) is 0 Å². The van der Waals surface area contributed by atoms with Gasteiger partial charge in [0.1, 0.15) is 0 Å². The van der Waals surface area contributed by atoms with Crippen LogP contribution in [0, 0.1) is 5.41 Å². The van der Waals surface area contributed by atoms with Crippen molar-refractivity contribution in [1.82, 2.24) is 10.2 Å². The molecule has 3 nitrogen and oxygen atoms in total. The molecule has 0 aliphatic carbocycles. The van der Waals surface area contributed by atoms with E-state index in [1.54, 1.807) is 0 Å². The highest BCUT2D eigenvalue weighted by molar-refractivity contribution is 4.79. The fourth-order valence-electron chi connectivity index (χ4n) is 2.30. The number of hydrogen-bond donors (Lipinski definition) is 2. The van der Waals surface area contributed by atoms with Crippen LogP contribution in [0.4, 0.5) is 0 Å². The van der Waals surface area contributed by atoms with Gasteiger partial charge in [0, 0.05) is 19.6 Å². The molecule has 3 heteroatoms. The predicted molar refractivity (Wildman–Crippen MR) is 70.8 cm³/mol. The topological polar surface area (TPSA) is 35.5 Å². The number of nitrogens with zero attached hydrogens (tertiary/aromatic N) is 1. The van der Waals surface area contributed by atoms with Crippen molar-refractivity contribution in [2.45, 2.75) is 40.0 Å². The van der Waals surface area contributed by atoms with Gasteiger partial charge in [-0.1, -0.05) is 27.2 Å². The van der Waals surface area contributed by atoms with Crippen molar-refractivity contribution < 1.29 is 5.11 Å². The summed E-state index contributed by atoms with van der Waals surface area (Å²) in [5.74, 6) is 0. The first-order valence-electron chi connectivity index (χ1n) is 6.58. The zero-order valence-electron chi connectivity index (χ0n) is 11.6. The van der Waals surface area contributed by atoms with E-state index in [1.807, 2.05) is 0 Å². The van der Waals surface area contributed by atoms with Crippen molar-refractivity contribution in [3.8, 4) is 0 Å². The Bertz CT molecular complexity index is 164. The van der Waals surface area contributed by atoms with E-state index in [1.165, 1.54) is 19.3 Å². The molecular formula is C13H30N2O. The van der Waals surface area contributed by atoms with Gasteiger partial charge in [0.25, 0.3) is 0 Å². The predicted octanol–water partition coefficient (Wildman–Crippen LogP) is 1.72. The van der Waals surface area contributed by atoms with Crippen LogP contribution in [0.25, 0.3) is 0 Å². The van der Waals surface area contributed by atoms with Gasteiger partial charge in [-0.3, -0.25) is 0 Å². The maximum atomic E-state index is 8.92. The van der Waals surface area contributed by atoms with Gasteiger partial charge in [0.05, 0.1) is 6.61 Å². The summed E-state index contributed by atoms with van der Waals surface area (Å²) < 4.78 is 0. The number of likely N-dealkylation sites (N-methyl/N-ethyl adjacent to an activating group) is 1. The maximum Gasteiger partial charge on any atom is 0.0558 e. The lowest BCUT2D eigenvalue weighted by atomic mass is 9.85. The normalized spacial score (nSPS) is 15.4. The van der Waals surface area contributed by atoms with Crippen molar-refractivity contribution in [3.05, 3.63) is 0 Å². The van der Waals surface area contributed by atoms with Gasteiger partial charge in [-0.2, -0.15) is 0 Å². The summed E-state index contributed by atoms with van der Waals surface area (Å²) in [5.41, 5.74) is 0.327. The molecule has 0 amide bonds. The Morgan fingerprint density at radius 1 is 1.25 bits per heavy atom. The molecule has 0 saturated heterocycles. The van der Waals surface area contributed by atoms with Gasteiger partial charge in [-0.15, -0.1) is 0 Å². The second kappa shape index (κ2) is 8.97. The van der Waals surface area contributed by atoms with E-state index in [0.29, 0.717) is 5.41 Å². The van der Waals surface area contributed by atoms with Gasteiger partial charge in [0.15, 0.2) is 0 Å². The van der Waals surface area contributed by atoms with Gasteiger partial charge in [-0.05, 0) is 31.8 Å². The third kappa shape index (κ3) is 7.20. The number of rotatable bonds is 10. The minimum absolute atomic E-state index is 0.251. The highest BCUT2D eigenvalue weighted by Crippen LogP contribution is 2.23. The van der Waals surface area contributed by atoms with E-state index in [9.17, 15) is 0 Å². The summed E-state index contributed by atoms with van der Waals surface area (Å²) in [6, 6.07) is 0. The monoisotopic (exact) mass is 230 g/mol. The van der Waals surface area contributed by atoms with E-state index in [2.05, 4.69) is 38.0 Å². The lowest BCUT2D eigenvalue weighted by molar-refractivity contribution is 0.147. The number of nitrogens with one attached hydrogen (secondary N) is 1. The van der Waals surface area contributed by atoms with Crippen LogP contribution in [0.1, 0.15) is 40.0 Å². The molecule has 0 aliphatic rings.